The number of nitrogens with zero attached hydrogens (tertiary/aromatic N) is 5. The van der Waals surface area contributed by atoms with E-state index in [2.05, 4.69) is 33.6 Å². The Hall–Kier alpha value is -3.83. The summed E-state index contributed by atoms with van der Waals surface area (Å²) in [6.07, 6.45) is 1.13. The van der Waals surface area contributed by atoms with E-state index in [0.29, 0.717) is 30.6 Å². The molecule has 142 valence electrons. The van der Waals surface area contributed by atoms with Crippen molar-refractivity contribution in [2.24, 2.45) is 0 Å². The molecule has 0 aliphatic rings. The molecule has 5 heteroatoms. The minimum atomic E-state index is 0.425. The lowest BCUT2D eigenvalue weighted by Gasteiger charge is -2.25. The van der Waals surface area contributed by atoms with Crippen molar-refractivity contribution >= 4 is 22.5 Å². The van der Waals surface area contributed by atoms with E-state index in [-0.39, 0.29) is 0 Å². The molecule has 5 nitrogen and oxygen atoms in total. The minimum Gasteiger partial charge on any atom is -0.359 e. The lowest BCUT2D eigenvalue weighted by molar-refractivity contribution is 0.861. The average Bonchev–Trinajstić information content (AvgIpc) is 3.12. The summed E-state index contributed by atoms with van der Waals surface area (Å²) in [5, 5.41) is 19.1. The van der Waals surface area contributed by atoms with Gasteiger partial charge in [-0.1, -0.05) is 42.5 Å². The second kappa shape index (κ2) is 7.66. The van der Waals surface area contributed by atoms with Crippen molar-refractivity contribution in [1.82, 2.24) is 9.38 Å². The van der Waals surface area contributed by atoms with Gasteiger partial charge in [0.25, 0.3) is 0 Å². The average molecular weight is 379 g/mol. The fourth-order valence-electron chi connectivity index (χ4n) is 3.90. The van der Waals surface area contributed by atoms with Crippen LogP contribution in [0.2, 0.25) is 0 Å². The molecule has 0 saturated carbocycles. The number of anilines is 1. The van der Waals surface area contributed by atoms with E-state index in [1.807, 2.05) is 56.4 Å². The van der Waals surface area contributed by atoms with Gasteiger partial charge >= 0.3 is 0 Å². The summed E-state index contributed by atoms with van der Waals surface area (Å²) in [5.74, 6) is 0.990. The fraction of sp³-hybridized carbons (Fsp3) is 0.208. The normalized spacial score (nSPS) is 10.8. The van der Waals surface area contributed by atoms with Crippen LogP contribution in [0.1, 0.15) is 28.7 Å². The van der Waals surface area contributed by atoms with Gasteiger partial charge in [-0.15, -0.1) is 0 Å². The molecule has 4 rings (SSSR count). The molecule has 2 aromatic carbocycles. The molecule has 0 amide bonds. The van der Waals surface area contributed by atoms with Crippen LogP contribution < -0.4 is 4.90 Å². The van der Waals surface area contributed by atoms with Crippen molar-refractivity contribution < 1.29 is 0 Å². The summed E-state index contributed by atoms with van der Waals surface area (Å²) >= 11 is 0. The van der Waals surface area contributed by atoms with Gasteiger partial charge in [-0.3, -0.25) is 4.40 Å². The number of aromatic nitrogens is 2. The minimum absolute atomic E-state index is 0.425. The van der Waals surface area contributed by atoms with Gasteiger partial charge in [-0.2, -0.15) is 10.5 Å². The lowest BCUT2D eigenvalue weighted by atomic mass is 9.97. The van der Waals surface area contributed by atoms with Crippen molar-refractivity contribution in [2.45, 2.75) is 19.8 Å². The molecule has 0 fully saturated rings. The molecule has 0 unspecified atom stereocenters. The maximum absolute atomic E-state index is 9.94. The Morgan fingerprint density at radius 1 is 1.03 bits per heavy atom. The second-order valence-corrected chi connectivity index (χ2v) is 7.17. The lowest BCUT2D eigenvalue weighted by Crippen LogP contribution is -2.24. The highest BCUT2D eigenvalue weighted by molar-refractivity contribution is 5.86. The van der Waals surface area contributed by atoms with Crippen LogP contribution in [0.4, 0.5) is 5.82 Å². The van der Waals surface area contributed by atoms with Crippen molar-refractivity contribution in [2.75, 3.05) is 18.5 Å². The zero-order valence-electron chi connectivity index (χ0n) is 16.6. The number of imidazole rings is 1. The standard InChI is InChI=1S/C24H21N5/c1-17-19(15-18-9-4-3-5-10-18)24(28(2)14-8-13-25)29-22-12-7-6-11-21(22)27-23(29)20(17)16-26/h3-7,9-12H,8,14-15H2,1-2H3. The third-order valence-electron chi connectivity index (χ3n) is 5.35. The molecule has 4 aromatic rings. The quantitative estimate of drug-likeness (QED) is 0.508. The van der Waals surface area contributed by atoms with E-state index in [1.165, 1.54) is 5.56 Å². The van der Waals surface area contributed by atoms with Crippen molar-refractivity contribution in [3.05, 3.63) is 76.9 Å². The molecule has 0 aliphatic carbocycles. The second-order valence-electron chi connectivity index (χ2n) is 7.17. The first kappa shape index (κ1) is 18.5. The van der Waals surface area contributed by atoms with Crippen LogP contribution in [-0.4, -0.2) is 23.0 Å². The molecular weight excluding hydrogens is 358 g/mol. The first-order chi connectivity index (χ1) is 14.2. The van der Waals surface area contributed by atoms with E-state index in [4.69, 9.17) is 10.2 Å². The molecule has 2 heterocycles. The maximum Gasteiger partial charge on any atom is 0.157 e. The Kier molecular flexibility index (Phi) is 4.89. The van der Waals surface area contributed by atoms with E-state index < -0.39 is 0 Å². The van der Waals surface area contributed by atoms with E-state index in [0.717, 1.165) is 28.0 Å². The SMILES string of the molecule is Cc1c(Cc2ccccc2)c(N(C)CCC#N)n2c(nc3ccccc32)c1C#N. The highest BCUT2D eigenvalue weighted by Crippen LogP contribution is 2.34. The van der Waals surface area contributed by atoms with E-state index >= 15 is 0 Å². The topological polar surface area (TPSA) is 68.1 Å². The van der Waals surface area contributed by atoms with Crippen molar-refractivity contribution in [1.29, 1.82) is 10.5 Å². The Morgan fingerprint density at radius 3 is 2.48 bits per heavy atom. The van der Waals surface area contributed by atoms with Gasteiger partial charge in [0.2, 0.25) is 0 Å². The number of nitriles is 2. The summed E-state index contributed by atoms with van der Waals surface area (Å²) in [7, 11) is 2.00. The van der Waals surface area contributed by atoms with Crippen LogP contribution >= 0.6 is 0 Å². The molecule has 0 spiro atoms. The van der Waals surface area contributed by atoms with Gasteiger partial charge in [0.1, 0.15) is 11.9 Å². The summed E-state index contributed by atoms with van der Waals surface area (Å²) < 4.78 is 2.08. The third-order valence-corrected chi connectivity index (χ3v) is 5.35. The summed E-state index contributed by atoms with van der Waals surface area (Å²) in [4.78, 5) is 6.87. The molecule has 0 radical (unpaired) electrons. The zero-order chi connectivity index (χ0) is 20.4. The Morgan fingerprint density at radius 2 is 1.76 bits per heavy atom. The van der Waals surface area contributed by atoms with Gasteiger partial charge in [0.05, 0.1) is 29.1 Å². The first-order valence-corrected chi connectivity index (χ1v) is 9.60. The molecular formula is C24H21N5. The molecule has 0 saturated heterocycles. The fourth-order valence-corrected chi connectivity index (χ4v) is 3.90. The number of hydrogen-bond donors (Lipinski definition) is 0. The predicted octanol–water partition coefficient (Wildman–Crippen LogP) is 4.61. The highest BCUT2D eigenvalue weighted by Gasteiger charge is 2.23. The number of hydrogen-bond acceptors (Lipinski definition) is 4. The molecule has 0 aliphatic heterocycles. The first-order valence-electron chi connectivity index (χ1n) is 9.60. The molecule has 2 aromatic heterocycles. The van der Waals surface area contributed by atoms with Gasteiger partial charge in [0.15, 0.2) is 5.65 Å². The smallest absolute Gasteiger partial charge is 0.157 e. The van der Waals surface area contributed by atoms with Gasteiger partial charge in [-0.25, -0.2) is 4.98 Å². The Balaban J connectivity index is 2.08. The molecule has 29 heavy (non-hydrogen) atoms. The number of benzene rings is 2. The van der Waals surface area contributed by atoms with Crippen LogP contribution in [0.3, 0.4) is 0 Å². The van der Waals surface area contributed by atoms with Crippen molar-refractivity contribution in [3.8, 4) is 12.1 Å². The predicted molar refractivity (Wildman–Crippen MR) is 115 cm³/mol. The van der Waals surface area contributed by atoms with E-state index in [1.54, 1.807) is 0 Å². The summed E-state index contributed by atoms with van der Waals surface area (Å²) in [6, 6.07) is 22.8. The summed E-state index contributed by atoms with van der Waals surface area (Å²) in [6.45, 7) is 2.60. The van der Waals surface area contributed by atoms with Crippen LogP contribution in [0.15, 0.2) is 54.6 Å². The van der Waals surface area contributed by atoms with Crippen LogP contribution in [0.25, 0.3) is 16.7 Å². The molecule has 0 N–H and O–H groups in total. The highest BCUT2D eigenvalue weighted by atomic mass is 15.2. The number of para-hydroxylation sites is 2. The van der Waals surface area contributed by atoms with Crippen molar-refractivity contribution in [3.63, 3.8) is 0 Å². The Bertz CT molecular complexity index is 1270. The maximum atomic E-state index is 9.94. The third kappa shape index (κ3) is 3.17. The van der Waals surface area contributed by atoms with Gasteiger partial charge in [0, 0.05) is 25.6 Å². The van der Waals surface area contributed by atoms with Crippen LogP contribution in [0, 0.1) is 29.6 Å². The Labute approximate surface area is 170 Å². The van der Waals surface area contributed by atoms with Gasteiger partial charge < -0.3 is 4.90 Å². The summed E-state index contributed by atoms with van der Waals surface area (Å²) in [5.41, 5.74) is 6.30. The van der Waals surface area contributed by atoms with E-state index in [9.17, 15) is 5.26 Å². The van der Waals surface area contributed by atoms with Gasteiger partial charge in [-0.05, 0) is 30.2 Å². The largest absolute Gasteiger partial charge is 0.359 e. The monoisotopic (exact) mass is 379 g/mol. The van der Waals surface area contributed by atoms with Crippen LogP contribution in [0.5, 0.6) is 0 Å². The number of fused-ring (bicyclic) bond motifs is 3. The molecule has 0 bridgehead atoms. The molecule has 0 atom stereocenters. The number of rotatable bonds is 5. The van der Waals surface area contributed by atoms with Crippen LogP contribution in [-0.2, 0) is 6.42 Å². The number of pyridine rings is 1. The zero-order valence-corrected chi connectivity index (χ0v) is 16.6.